The van der Waals surface area contributed by atoms with Gasteiger partial charge in [0.15, 0.2) is 0 Å². The third-order valence-electron chi connectivity index (χ3n) is 2.79. The van der Waals surface area contributed by atoms with Gasteiger partial charge in [-0.3, -0.25) is 4.79 Å². The zero-order valence-corrected chi connectivity index (χ0v) is 9.71. The topological polar surface area (TPSA) is 87.7 Å². The summed E-state index contributed by atoms with van der Waals surface area (Å²) in [6.45, 7) is 1.56. The second-order valence-corrected chi connectivity index (χ2v) is 4.15. The number of aromatic hydroxyl groups is 1. The zero-order valence-electron chi connectivity index (χ0n) is 9.71. The molecule has 0 bridgehead atoms. The third kappa shape index (κ3) is 2.07. The monoisotopic (exact) mass is 248 g/mol. The van der Waals surface area contributed by atoms with Gasteiger partial charge in [-0.25, -0.2) is 4.79 Å². The summed E-state index contributed by atoms with van der Waals surface area (Å²) in [4.78, 5) is 22.4. The van der Waals surface area contributed by atoms with E-state index in [9.17, 15) is 14.7 Å². The van der Waals surface area contributed by atoms with Crippen LogP contribution >= 0.6 is 0 Å². The Bertz CT molecular complexity index is 656. The van der Waals surface area contributed by atoms with E-state index in [1.165, 1.54) is 0 Å². The summed E-state index contributed by atoms with van der Waals surface area (Å²) in [5, 5.41) is 19.2. The lowest BCUT2D eigenvalue weighted by Crippen LogP contribution is -2.13. The second-order valence-electron chi connectivity index (χ2n) is 4.15. The number of carbonyl (C=O) groups is 1. The van der Waals surface area contributed by atoms with Gasteiger partial charge in [0.2, 0.25) is 0 Å². The number of para-hydroxylation sites is 1. The van der Waals surface area contributed by atoms with Gasteiger partial charge < -0.3 is 14.6 Å². The van der Waals surface area contributed by atoms with Crippen LogP contribution < -0.4 is 5.63 Å². The molecule has 1 aromatic carbocycles. The average molecular weight is 248 g/mol. The van der Waals surface area contributed by atoms with Gasteiger partial charge in [0.1, 0.15) is 11.3 Å². The first-order valence-corrected chi connectivity index (χ1v) is 5.47. The lowest BCUT2D eigenvalue weighted by molar-refractivity contribution is -0.137. The minimum atomic E-state index is -1.03. The molecule has 2 aromatic rings. The number of rotatable bonds is 3. The van der Waals surface area contributed by atoms with Crippen LogP contribution in [0.4, 0.5) is 0 Å². The molecule has 0 aliphatic carbocycles. The van der Waals surface area contributed by atoms with E-state index in [1.54, 1.807) is 31.2 Å². The Hall–Kier alpha value is -2.30. The zero-order chi connectivity index (χ0) is 13.3. The van der Waals surface area contributed by atoms with Crippen molar-refractivity contribution in [3.63, 3.8) is 0 Å². The van der Waals surface area contributed by atoms with E-state index in [2.05, 4.69) is 0 Å². The number of fused-ring (bicyclic) bond motifs is 1. The normalized spacial score (nSPS) is 12.5. The summed E-state index contributed by atoms with van der Waals surface area (Å²) in [6, 6.07) is 6.57. The quantitative estimate of drug-likeness (QED) is 0.812. The maximum atomic E-state index is 11.8. The van der Waals surface area contributed by atoms with Crippen LogP contribution in [0.25, 0.3) is 11.0 Å². The van der Waals surface area contributed by atoms with E-state index < -0.39 is 17.5 Å². The first-order chi connectivity index (χ1) is 8.50. The van der Waals surface area contributed by atoms with Gasteiger partial charge in [0, 0.05) is 5.92 Å². The Morgan fingerprint density at radius 1 is 1.39 bits per heavy atom. The predicted octanol–water partition coefficient (Wildman–Crippen LogP) is 2.08. The molecule has 5 nitrogen and oxygen atoms in total. The molecule has 94 valence electrons. The highest BCUT2D eigenvalue weighted by atomic mass is 16.4. The molecule has 2 N–H and O–H groups in total. The Kier molecular flexibility index (Phi) is 3.06. The largest absolute Gasteiger partial charge is 0.507 e. The van der Waals surface area contributed by atoms with Crippen molar-refractivity contribution in [1.29, 1.82) is 0 Å². The molecule has 1 aromatic heterocycles. The molecule has 0 aliphatic heterocycles. The lowest BCUT2D eigenvalue weighted by Gasteiger charge is -2.11. The minimum Gasteiger partial charge on any atom is -0.507 e. The minimum absolute atomic E-state index is 0.0103. The van der Waals surface area contributed by atoms with E-state index >= 15 is 0 Å². The molecule has 1 atom stereocenters. The van der Waals surface area contributed by atoms with Gasteiger partial charge in [-0.05, 0) is 12.1 Å². The van der Waals surface area contributed by atoms with Gasteiger partial charge in [0.25, 0.3) is 0 Å². The molecule has 0 amide bonds. The Morgan fingerprint density at radius 2 is 2.06 bits per heavy atom. The van der Waals surface area contributed by atoms with Gasteiger partial charge >= 0.3 is 11.6 Å². The van der Waals surface area contributed by atoms with Crippen molar-refractivity contribution in [2.45, 2.75) is 19.3 Å². The fourth-order valence-corrected chi connectivity index (χ4v) is 1.95. The van der Waals surface area contributed by atoms with Gasteiger partial charge in [-0.1, -0.05) is 19.1 Å². The Labute approximate surface area is 102 Å². The molecule has 0 saturated carbocycles. The van der Waals surface area contributed by atoms with Crippen molar-refractivity contribution < 1.29 is 19.4 Å². The maximum absolute atomic E-state index is 11.8. The van der Waals surface area contributed by atoms with Gasteiger partial charge in [0.05, 0.1) is 17.4 Å². The highest BCUT2D eigenvalue weighted by molar-refractivity contribution is 5.84. The summed E-state index contributed by atoms with van der Waals surface area (Å²) in [5.74, 6) is -1.84. The van der Waals surface area contributed by atoms with Crippen LogP contribution in [0.15, 0.2) is 33.5 Å². The molecular weight excluding hydrogens is 236 g/mol. The average Bonchev–Trinajstić information content (AvgIpc) is 2.27. The maximum Gasteiger partial charge on any atom is 0.343 e. The molecule has 18 heavy (non-hydrogen) atoms. The third-order valence-corrected chi connectivity index (χ3v) is 2.79. The van der Waals surface area contributed by atoms with Crippen molar-refractivity contribution in [3.05, 3.63) is 40.2 Å². The van der Waals surface area contributed by atoms with Crippen LogP contribution in [-0.4, -0.2) is 16.2 Å². The van der Waals surface area contributed by atoms with Gasteiger partial charge in [-0.15, -0.1) is 0 Å². The molecule has 0 fully saturated rings. The molecule has 0 saturated heterocycles. The lowest BCUT2D eigenvalue weighted by atomic mass is 9.97. The van der Waals surface area contributed by atoms with Crippen LogP contribution in [0.5, 0.6) is 5.75 Å². The van der Waals surface area contributed by atoms with E-state index in [4.69, 9.17) is 9.52 Å². The second kappa shape index (κ2) is 4.52. The van der Waals surface area contributed by atoms with Crippen LogP contribution in [-0.2, 0) is 4.79 Å². The molecule has 1 unspecified atom stereocenters. The molecule has 5 heteroatoms. The van der Waals surface area contributed by atoms with Crippen LogP contribution in [0.1, 0.15) is 24.8 Å². The fraction of sp³-hybridized carbons (Fsp3) is 0.231. The Balaban J connectivity index is 2.64. The summed E-state index contributed by atoms with van der Waals surface area (Å²) < 4.78 is 5.07. The number of hydrogen-bond donors (Lipinski definition) is 2. The number of carboxylic acids is 1. The van der Waals surface area contributed by atoms with E-state index in [-0.39, 0.29) is 23.3 Å². The van der Waals surface area contributed by atoms with E-state index in [0.717, 1.165) is 0 Å². The van der Waals surface area contributed by atoms with Crippen molar-refractivity contribution in [1.82, 2.24) is 0 Å². The molecule has 0 radical (unpaired) electrons. The molecule has 0 spiro atoms. The number of hydrogen-bond acceptors (Lipinski definition) is 4. The predicted molar refractivity (Wildman–Crippen MR) is 64.8 cm³/mol. The highest BCUT2D eigenvalue weighted by Crippen LogP contribution is 2.31. The van der Waals surface area contributed by atoms with Crippen molar-refractivity contribution >= 4 is 16.9 Å². The summed E-state index contributed by atoms with van der Waals surface area (Å²) in [7, 11) is 0. The first-order valence-electron chi connectivity index (χ1n) is 5.47. The summed E-state index contributed by atoms with van der Waals surface area (Å²) in [5.41, 5.74) is -0.401. The van der Waals surface area contributed by atoms with E-state index in [0.29, 0.717) is 5.39 Å². The van der Waals surface area contributed by atoms with Crippen LogP contribution in [0.3, 0.4) is 0 Å². The van der Waals surface area contributed by atoms with Crippen LogP contribution in [0.2, 0.25) is 0 Å². The van der Waals surface area contributed by atoms with Crippen molar-refractivity contribution in [2.24, 2.45) is 0 Å². The fourth-order valence-electron chi connectivity index (χ4n) is 1.95. The standard InChI is InChI=1S/C13H12O5/c1-7(6-10(14)15)11-12(16)8-4-2-3-5-9(8)18-13(11)17/h2-5,7,16H,6H2,1H3,(H,14,15). The SMILES string of the molecule is CC(CC(=O)O)c1c(O)c2ccccc2oc1=O. The number of carboxylic acid groups (broad SMARTS) is 1. The molecule has 1 heterocycles. The first kappa shape index (κ1) is 12.2. The Morgan fingerprint density at radius 3 is 2.72 bits per heavy atom. The van der Waals surface area contributed by atoms with E-state index in [1.807, 2.05) is 0 Å². The van der Waals surface area contributed by atoms with Crippen molar-refractivity contribution in [3.8, 4) is 5.75 Å². The van der Waals surface area contributed by atoms with Crippen LogP contribution in [0, 0.1) is 0 Å². The summed E-state index contributed by atoms with van der Waals surface area (Å²) in [6.07, 6.45) is -0.239. The number of aliphatic carboxylic acids is 1. The highest BCUT2D eigenvalue weighted by Gasteiger charge is 2.21. The summed E-state index contributed by atoms with van der Waals surface area (Å²) >= 11 is 0. The molecule has 2 rings (SSSR count). The molecular formula is C13H12O5. The number of benzene rings is 1. The molecule has 0 aliphatic rings. The smallest absolute Gasteiger partial charge is 0.343 e. The van der Waals surface area contributed by atoms with Crippen molar-refractivity contribution in [2.75, 3.05) is 0 Å². The van der Waals surface area contributed by atoms with Gasteiger partial charge in [-0.2, -0.15) is 0 Å².